The normalized spacial score (nSPS) is 21.7. The van der Waals surface area contributed by atoms with Crippen molar-refractivity contribution in [2.75, 3.05) is 0 Å². The predicted octanol–water partition coefficient (Wildman–Crippen LogP) is 5.30. The van der Waals surface area contributed by atoms with E-state index in [0.29, 0.717) is 0 Å². The number of rotatable bonds is 5. The van der Waals surface area contributed by atoms with Gasteiger partial charge >= 0.3 is 139 Å². The summed E-state index contributed by atoms with van der Waals surface area (Å²) >= 11 is 0.196. The van der Waals surface area contributed by atoms with Crippen molar-refractivity contribution in [3.8, 4) is 10.0 Å². The Labute approximate surface area is 139 Å². The van der Waals surface area contributed by atoms with Crippen LogP contribution < -0.4 is 0 Å². The van der Waals surface area contributed by atoms with Crippen molar-refractivity contribution in [2.24, 2.45) is 5.92 Å². The van der Waals surface area contributed by atoms with E-state index in [2.05, 4.69) is 37.3 Å². The van der Waals surface area contributed by atoms with Crippen LogP contribution in [-0.4, -0.2) is 20.8 Å². The summed E-state index contributed by atoms with van der Waals surface area (Å²) in [5, 5.41) is 0. The van der Waals surface area contributed by atoms with Gasteiger partial charge in [0.1, 0.15) is 0 Å². The van der Waals surface area contributed by atoms with Crippen LogP contribution in [0.4, 0.5) is 0 Å². The molecule has 2 heteroatoms. The maximum atomic E-state index is 10.8. The summed E-state index contributed by atoms with van der Waals surface area (Å²) in [4.78, 5) is 10.8. The third-order valence-corrected chi connectivity index (χ3v) is 7.18. The molecule has 0 N–H and O–H groups in total. The molecule has 22 heavy (non-hydrogen) atoms. The van der Waals surface area contributed by atoms with Crippen molar-refractivity contribution in [3.63, 3.8) is 0 Å². The second-order valence-electron chi connectivity index (χ2n) is 6.45. The predicted molar refractivity (Wildman–Crippen MR) is 93.8 cm³/mol. The number of aldehydes is 1. The van der Waals surface area contributed by atoms with Crippen LogP contribution in [0.15, 0.2) is 36.4 Å². The van der Waals surface area contributed by atoms with Gasteiger partial charge in [0, 0.05) is 0 Å². The molecule has 2 aromatic rings. The fourth-order valence-electron chi connectivity index (χ4n) is 3.68. The van der Waals surface area contributed by atoms with E-state index in [-0.39, 0.29) is 14.5 Å². The van der Waals surface area contributed by atoms with Crippen molar-refractivity contribution >= 4 is 20.8 Å². The van der Waals surface area contributed by atoms with E-state index in [1.165, 1.54) is 54.1 Å². The molecule has 0 spiro atoms. The molecule has 0 atom stereocenters. The van der Waals surface area contributed by atoms with Gasteiger partial charge in [-0.25, -0.2) is 0 Å². The van der Waals surface area contributed by atoms with Crippen LogP contribution in [0.5, 0.6) is 0 Å². The Hall–Kier alpha value is -1.11. The number of hydrogen-bond acceptors (Lipinski definition) is 1. The third kappa shape index (κ3) is 3.62. The summed E-state index contributed by atoms with van der Waals surface area (Å²) in [5.74, 6) is 1.73. The Morgan fingerprint density at radius 1 is 1.05 bits per heavy atom. The number of hydrogen-bond donors (Lipinski definition) is 0. The Bertz CT molecular complexity index is 603. The zero-order valence-electron chi connectivity index (χ0n) is 13.3. The second kappa shape index (κ2) is 7.44. The van der Waals surface area contributed by atoms with Crippen LogP contribution in [0.25, 0.3) is 10.0 Å². The molecule has 0 radical (unpaired) electrons. The van der Waals surface area contributed by atoms with Crippen LogP contribution in [-0.2, 0) is 0 Å². The van der Waals surface area contributed by atoms with Gasteiger partial charge in [0.25, 0.3) is 0 Å². The monoisotopic (exact) mass is 360 g/mol. The molecule has 1 nitrogen and oxygen atoms in total. The van der Waals surface area contributed by atoms with Gasteiger partial charge in [0.05, 0.1) is 0 Å². The molecule has 0 unspecified atom stereocenters. The maximum absolute atomic E-state index is 10.8. The van der Waals surface area contributed by atoms with Gasteiger partial charge in [-0.3, -0.25) is 0 Å². The molecule has 0 saturated heterocycles. The summed E-state index contributed by atoms with van der Waals surface area (Å²) in [6.07, 6.45) is 9.25. The molecular weight excluding hydrogens is 335 g/mol. The molecule has 1 aliphatic carbocycles. The van der Waals surface area contributed by atoms with Gasteiger partial charge in [-0.1, -0.05) is 0 Å². The molecular formula is C20H24OSe. The zero-order chi connectivity index (χ0) is 15.4. The topological polar surface area (TPSA) is 17.1 Å². The molecule has 1 heterocycles. The van der Waals surface area contributed by atoms with E-state index >= 15 is 0 Å². The summed E-state index contributed by atoms with van der Waals surface area (Å²) < 4.78 is 2.27. The molecule has 1 saturated carbocycles. The Balaban J connectivity index is 1.66. The molecule has 0 amide bonds. The molecule has 3 rings (SSSR count). The van der Waals surface area contributed by atoms with Crippen LogP contribution in [0.2, 0.25) is 0 Å². The van der Waals surface area contributed by atoms with Crippen molar-refractivity contribution in [1.82, 2.24) is 0 Å². The Morgan fingerprint density at radius 2 is 1.77 bits per heavy atom. The van der Waals surface area contributed by atoms with Gasteiger partial charge in [-0.05, 0) is 0 Å². The van der Waals surface area contributed by atoms with Gasteiger partial charge in [-0.2, -0.15) is 0 Å². The Morgan fingerprint density at radius 3 is 2.36 bits per heavy atom. The molecule has 0 aliphatic heterocycles. The first-order chi connectivity index (χ1) is 10.8. The molecule has 1 aliphatic rings. The first kappa shape index (κ1) is 15.8. The second-order valence-corrected chi connectivity index (χ2v) is 8.79. The third-order valence-electron chi connectivity index (χ3n) is 4.95. The van der Waals surface area contributed by atoms with Crippen molar-refractivity contribution < 1.29 is 4.79 Å². The van der Waals surface area contributed by atoms with Gasteiger partial charge in [0.2, 0.25) is 0 Å². The standard InChI is InChI=1S/C20H24OSe/c1-2-3-15-4-6-16(7-5-15)17-8-10-18(11-9-17)20-13-12-19(14-21)22-20/h8-16H,2-7H2,1H3. The van der Waals surface area contributed by atoms with E-state index in [1.54, 1.807) is 0 Å². The molecule has 0 bridgehead atoms. The van der Waals surface area contributed by atoms with Crippen LogP contribution in [0, 0.1) is 5.92 Å². The van der Waals surface area contributed by atoms with E-state index in [4.69, 9.17) is 0 Å². The van der Waals surface area contributed by atoms with E-state index in [1.807, 2.05) is 6.07 Å². The molecule has 1 aromatic carbocycles. The summed E-state index contributed by atoms with van der Waals surface area (Å²) in [7, 11) is 0. The van der Waals surface area contributed by atoms with Gasteiger partial charge < -0.3 is 0 Å². The molecule has 116 valence electrons. The van der Waals surface area contributed by atoms with Crippen molar-refractivity contribution in [3.05, 3.63) is 46.4 Å². The number of benzene rings is 1. The fourth-order valence-corrected chi connectivity index (χ4v) is 5.42. The van der Waals surface area contributed by atoms with Crippen LogP contribution in [0.1, 0.15) is 66.2 Å². The molecule has 1 aromatic heterocycles. The van der Waals surface area contributed by atoms with E-state index in [0.717, 1.165) is 22.6 Å². The average Bonchev–Trinajstić information content (AvgIpc) is 3.05. The number of carbonyl (C=O) groups is 1. The molecule has 1 fully saturated rings. The van der Waals surface area contributed by atoms with Gasteiger partial charge in [0.15, 0.2) is 0 Å². The first-order valence-electron chi connectivity index (χ1n) is 8.45. The minimum absolute atomic E-state index is 0.196. The van der Waals surface area contributed by atoms with E-state index in [9.17, 15) is 4.79 Å². The number of carbonyl (C=O) groups excluding carboxylic acids is 1. The van der Waals surface area contributed by atoms with Crippen molar-refractivity contribution in [2.45, 2.75) is 51.4 Å². The average molecular weight is 359 g/mol. The van der Waals surface area contributed by atoms with Crippen LogP contribution >= 0.6 is 0 Å². The van der Waals surface area contributed by atoms with Gasteiger partial charge in [-0.15, -0.1) is 0 Å². The SMILES string of the molecule is CCCC1CCC(c2ccc(-c3ccc(C=O)[se]3)cc2)CC1. The fraction of sp³-hybridized carbons (Fsp3) is 0.450. The quantitative estimate of drug-likeness (QED) is 0.523. The summed E-state index contributed by atoms with van der Waals surface area (Å²) in [6, 6.07) is 13.2. The van der Waals surface area contributed by atoms with Crippen molar-refractivity contribution in [1.29, 1.82) is 0 Å². The summed E-state index contributed by atoms with van der Waals surface area (Å²) in [5.41, 5.74) is 2.80. The minimum atomic E-state index is 0.196. The van der Waals surface area contributed by atoms with E-state index < -0.39 is 0 Å². The Kier molecular flexibility index (Phi) is 5.33. The van der Waals surface area contributed by atoms with Crippen LogP contribution in [0.3, 0.4) is 0 Å². The first-order valence-corrected chi connectivity index (χ1v) is 10.2. The summed E-state index contributed by atoms with van der Waals surface area (Å²) in [6.45, 7) is 2.30. The zero-order valence-corrected chi connectivity index (χ0v) is 15.0.